The number of H-pyrrole nitrogens is 1. The van der Waals surface area contributed by atoms with E-state index in [4.69, 9.17) is 4.74 Å². The number of ether oxygens (including phenoxy) is 1. The normalized spacial score (nSPS) is 10.6. The monoisotopic (exact) mass is 213 g/mol. The van der Waals surface area contributed by atoms with Crippen molar-refractivity contribution in [3.05, 3.63) is 5.82 Å². The smallest absolute Gasteiger partial charge is 0.292 e. The molecule has 1 aromatic rings. The van der Waals surface area contributed by atoms with Crippen molar-refractivity contribution < 1.29 is 9.53 Å². The molecule has 15 heavy (non-hydrogen) atoms. The molecule has 0 saturated carbocycles. The van der Waals surface area contributed by atoms with Crippen molar-refractivity contribution in [1.29, 1.82) is 0 Å². The molecular weight excluding hydrogens is 198 g/mol. The molecule has 0 spiro atoms. The summed E-state index contributed by atoms with van der Waals surface area (Å²) < 4.78 is 5.28. The molecule has 0 saturated heterocycles. The van der Waals surface area contributed by atoms with Crippen LogP contribution in [-0.2, 0) is 4.74 Å². The summed E-state index contributed by atoms with van der Waals surface area (Å²) in [5, 5.41) is 15.2. The van der Waals surface area contributed by atoms with Crippen LogP contribution in [0.2, 0.25) is 0 Å². The Morgan fingerprint density at radius 3 is 3.00 bits per heavy atom. The first-order valence-electron chi connectivity index (χ1n) is 4.79. The van der Waals surface area contributed by atoms with E-state index in [9.17, 15) is 4.79 Å². The fourth-order valence-corrected chi connectivity index (χ4v) is 0.893. The Hall–Kier alpha value is -1.50. The van der Waals surface area contributed by atoms with E-state index in [0.717, 1.165) is 0 Å². The van der Waals surface area contributed by atoms with E-state index in [2.05, 4.69) is 39.8 Å². The predicted molar refractivity (Wildman–Crippen MR) is 52.2 cm³/mol. The first-order valence-corrected chi connectivity index (χ1v) is 4.79. The molecule has 84 valence electrons. The molecule has 0 radical (unpaired) electrons. The molecule has 1 amide bonds. The second-order valence-electron chi connectivity index (χ2n) is 3.46. The minimum absolute atomic E-state index is 0.0406. The Balaban J connectivity index is 2.08. The Labute approximate surface area is 87.6 Å². The highest BCUT2D eigenvalue weighted by Gasteiger charge is 2.08. The summed E-state index contributed by atoms with van der Waals surface area (Å²) in [7, 11) is 0. The van der Waals surface area contributed by atoms with Crippen molar-refractivity contribution in [3.63, 3.8) is 0 Å². The molecule has 1 rings (SSSR count). The summed E-state index contributed by atoms with van der Waals surface area (Å²) >= 11 is 0. The second-order valence-corrected chi connectivity index (χ2v) is 3.46. The number of hydrogen-bond acceptors (Lipinski definition) is 5. The molecule has 0 fully saturated rings. The number of nitrogens with one attached hydrogen (secondary N) is 2. The largest absolute Gasteiger partial charge is 0.379 e. The van der Waals surface area contributed by atoms with Gasteiger partial charge >= 0.3 is 0 Å². The summed E-state index contributed by atoms with van der Waals surface area (Å²) in [6.45, 7) is 5.76. The summed E-state index contributed by atoms with van der Waals surface area (Å²) in [4.78, 5) is 11.3. The maximum Gasteiger partial charge on any atom is 0.292 e. The van der Waals surface area contributed by atoms with Gasteiger partial charge in [-0.3, -0.25) is 4.79 Å². The molecule has 2 N–H and O–H groups in total. The zero-order valence-corrected chi connectivity index (χ0v) is 8.86. The number of aromatic nitrogens is 4. The van der Waals surface area contributed by atoms with Crippen molar-refractivity contribution in [3.8, 4) is 0 Å². The van der Waals surface area contributed by atoms with E-state index in [1.165, 1.54) is 0 Å². The van der Waals surface area contributed by atoms with Gasteiger partial charge in [0.05, 0.1) is 6.61 Å². The van der Waals surface area contributed by atoms with Gasteiger partial charge in [0.2, 0.25) is 0 Å². The van der Waals surface area contributed by atoms with Crippen molar-refractivity contribution in [2.45, 2.75) is 13.8 Å². The zero-order valence-electron chi connectivity index (χ0n) is 8.86. The highest BCUT2D eigenvalue weighted by molar-refractivity contribution is 5.89. The lowest BCUT2D eigenvalue weighted by atomic mass is 10.2. The Kier molecular flexibility index (Phi) is 4.69. The van der Waals surface area contributed by atoms with E-state index in [1.807, 2.05) is 0 Å². The minimum atomic E-state index is -0.350. The van der Waals surface area contributed by atoms with E-state index < -0.39 is 0 Å². The molecular formula is C8H15N5O2. The van der Waals surface area contributed by atoms with Gasteiger partial charge in [-0.25, -0.2) is 0 Å². The SMILES string of the molecule is CC(C)COCCNC(=O)c1nn[nH]n1. The van der Waals surface area contributed by atoms with Crippen LogP contribution in [0.15, 0.2) is 0 Å². The first-order chi connectivity index (χ1) is 7.20. The van der Waals surface area contributed by atoms with Crippen LogP contribution in [0.5, 0.6) is 0 Å². The highest BCUT2D eigenvalue weighted by Crippen LogP contribution is 1.91. The molecule has 7 heteroatoms. The molecule has 0 aliphatic carbocycles. The molecule has 0 aliphatic heterocycles. The van der Waals surface area contributed by atoms with E-state index in [0.29, 0.717) is 25.7 Å². The standard InChI is InChI=1S/C8H15N5O2/c1-6(2)5-15-4-3-9-8(14)7-10-12-13-11-7/h6H,3-5H2,1-2H3,(H,9,14)(H,10,11,12,13). The number of carbonyl (C=O) groups excluding carboxylic acids is 1. The average molecular weight is 213 g/mol. The molecule has 0 atom stereocenters. The maximum absolute atomic E-state index is 11.3. The minimum Gasteiger partial charge on any atom is -0.379 e. The topological polar surface area (TPSA) is 92.8 Å². The Bertz CT molecular complexity index is 285. The molecule has 1 heterocycles. The van der Waals surface area contributed by atoms with E-state index in [-0.39, 0.29) is 11.7 Å². The van der Waals surface area contributed by atoms with Crippen molar-refractivity contribution in [2.24, 2.45) is 5.92 Å². The van der Waals surface area contributed by atoms with Gasteiger partial charge in [0.15, 0.2) is 0 Å². The number of rotatable bonds is 6. The number of amides is 1. The fourth-order valence-electron chi connectivity index (χ4n) is 0.893. The molecule has 1 aromatic heterocycles. The van der Waals surface area contributed by atoms with Crippen LogP contribution in [0.1, 0.15) is 24.5 Å². The van der Waals surface area contributed by atoms with Gasteiger partial charge < -0.3 is 10.1 Å². The first kappa shape index (κ1) is 11.6. The molecule has 7 nitrogen and oxygen atoms in total. The number of hydrogen-bond donors (Lipinski definition) is 2. The summed E-state index contributed by atoms with van der Waals surface area (Å²) in [6.07, 6.45) is 0. The number of carbonyl (C=O) groups is 1. The van der Waals surface area contributed by atoms with E-state index >= 15 is 0 Å². The van der Waals surface area contributed by atoms with Crippen LogP contribution in [0.25, 0.3) is 0 Å². The van der Waals surface area contributed by atoms with Crippen LogP contribution in [0.4, 0.5) is 0 Å². The Morgan fingerprint density at radius 2 is 2.40 bits per heavy atom. The number of nitrogens with zero attached hydrogens (tertiary/aromatic N) is 3. The Morgan fingerprint density at radius 1 is 1.60 bits per heavy atom. The van der Waals surface area contributed by atoms with E-state index in [1.54, 1.807) is 0 Å². The third-order valence-corrected chi connectivity index (χ3v) is 1.53. The average Bonchev–Trinajstić information content (AvgIpc) is 2.69. The van der Waals surface area contributed by atoms with Gasteiger partial charge in [-0.2, -0.15) is 5.21 Å². The van der Waals surface area contributed by atoms with Crippen molar-refractivity contribution >= 4 is 5.91 Å². The lowest BCUT2D eigenvalue weighted by molar-refractivity contribution is 0.0877. The zero-order chi connectivity index (χ0) is 11.1. The fraction of sp³-hybridized carbons (Fsp3) is 0.750. The van der Waals surface area contributed by atoms with Crippen LogP contribution in [0.3, 0.4) is 0 Å². The van der Waals surface area contributed by atoms with Crippen LogP contribution in [-0.4, -0.2) is 46.3 Å². The molecule has 0 aromatic carbocycles. The van der Waals surface area contributed by atoms with Crippen molar-refractivity contribution in [1.82, 2.24) is 25.9 Å². The van der Waals surface area contributed by atoms with Crippen LogP contribution in [0, 0.1) is 5.92 Å². The quantitative estimate of drug-likeness (QED) is 0.627. The third-order valence-electron chi connectivity index (χ3n) is 1.53. The third kappa shape index (κ3) is 4.50. The molecule has 0 unspecified atom stereocenters. The summed E-state index contributed by atoms with van der Waals surface area (Å²) in [6, 6.07) is 0. The second kappa shape index (κ2) is 6.07. The highest BCUT2D eigenvalue weighted by atomic mass is 16.5. The van der Waals surface area contributed by atoms with Gasteiger partial charge in [0.1, 0.15) is 0 Å². The lowest BCUT2D eigenvalue weighted by Crippen LogP contribution is -2.28. The van der Waals surface area contributed by atoms with Gasteiger partial charge in [0.25, 0.3) is 11.7 Å². The number of tetrazole rings is 1. The van der Waals surface area contributed by atoms with Crippen LogP contribution < -0.4 is 5.32 Å². The van der Waals surface area contributed by atoms with Gasteiger partial charge in [-0.05, 0) is 11.1 Å². The molecule has 0 aliphatic rings. The summed E-state index contributed by atoms with van der Waals surface area (Å²) in [5.74, 6) is 0.189. The number of aromatic amines is 1. The molecule has 0 bridgehead atoms. The van der Waals surface area contributed by atoms with Crippen molar-refractivity contribution in [2.75, 3.05) is 19.8 Å². The maximum atomic E-state index is 11.3. The van der Waals surface area contributed by atoms with Crippen LogP contribution >= 0.6 is 0 Å². The van der Waals surface area contributed by atoms with Gasteiger partial charge in [-0.15, -0.1) is 10.2 Å². The predicted octanol–water partition coefficient (Wildman–Crippen LogP) is -0.398. The van der Waals surface area contributed by atoms with Gasteiger partial charge in [0, 0.05) is 13.2 Å². The van der Waals surface area contributed by atoms with Gasteiger partial charge in [-0.1, -0.05) is 13.8 Å². The summed E-state index contributed by atoms with van der Waals surface area (Å²) in [5.41, 5.74) is 0. The lowest BCUT2D eigenvalue weighted by Gasteiger charge is -2.06.